The van der Waals surface area contributed by atoms with Crippen molar-refractivity contribution in [3.8, 4) is 0 Å². The van der Waals surface area contributed by atoms with E-state index in [2.05, 4.69) is 13.8 Å². The molecule has 1 atom stereocenters. The van der Waals surface area contributed by atoms with E-state index in [0.29, 0.717) is 6.42 Å². The van der Waals surface area contributed by atoms with Crippen LogP contribution in [0.3, 0.4) is 0 Å². The quantitative estimate of drug-likeness (QED) is 0.180. The summed E-state index contributed by atoms with van der Waals surface area (Å²) in [6.07, 6.45) is 13.7. The van der Waals surface area contributed by atoms with E-state index in [1.165, 1.54) is 25.7 Å². The van der Waals surface area contributed by atoms with E-state index < -0.39 is 23.5 Å². The molecule has 0 aromatic rings. The van der Waals surface area contributed by atoms with Crippen molar-refractivity contribution in [3.63, 3.8) is 0 Å². The van der Waals surface area contributed by atoms with Gasteiger partial charge in [0, 0.05) is 0 Å². The van der Waals surface area contributed by atoms with Gasteiger partial charge in [0.05, 0.1) is 0 Å². The average molecular weight is 371 g/mol. The number of carboxylic acids is 1. The Morgan fingerprint density at radius 1 is 0.808 bits per heavy atom. The summed E-state index contributed by atoms with van der Waals surface area (Å²) >= 11 is 0. The molecule has 26 heavy (non-hydrogen) atoms. The van der Waals surface area contributed by atoms with Crippen LogP contribution in [0.15, 0.2) is 0 Å². The van der Waals surface area contributed by atoms with E-state index in [9.17, 15) is 14.7 Å². The third-order valence-electron chi connectivity index (χ3n) is 5.52. The number of unbranched alkanes of at least 4 members (excludes halogenated alkanes) is 8. The van der Waals surface area contributed by atoms with Gasteiger partial charge in [0.2, 0.25) is 0 Å². The summed E-state index contributed by atoms with van der Waals surface area (Å²) < 4.78 is 5.80. The number of ether oxygens (including phenoxy) is 1. The molecule has 0 saturated carbocycles. The van der Waals surface area contributed by atoms with Crippen LogP contribution >= 0.6 is 0 Å². The normalized spacial score (nSPS) is 12.8. The van der Waals surface area contributed by atoms with Crippen LogP contribution in [0, 0.1) is 5.92 Å². The molecule has 0 radical (unpaired) electrons. The molecule has 154 valence electrons. The van der Waals surface area contributed by atoms with Crippen LogP contribution in [0.1, 0.15) is 118 Å². The Balaban J connectivity index is 4.52. The lowest BCUT2D eigenvalue weighted by molar-refractivity contribution is -0.172. The van der Waals surface area contributed by atoms with Gasteiger partial charge in [0.25, 0.3) is 0 Å². The van der Waals surface area contributed by atoms with Gasteiger partial charge in [-0.15, -0.1) is 0 Å². The van der Waals surface area contributed by atoms with Crippen LogP contribution in [0.2, 0.25) is 0 Å². The zero-order chi connectivity index (χ0) is 19.8. The van der Waals surface area contributed by atoms with E-state index in [4.69, 9.17) is 4.74 Å². The first-order valence-electron chi connectivity index (χ1n) is 10.9. The minimum absolute atomic E-state index is 0.389. The van der Waals surface area contributed by atoms with E-state index >= 15 is 0 Å². The maximum absolute atomic E-state index is 12.6. The molecule has 4 heteroatoms. The standard InChI is InChI=1S/C22H42O4/c1-5-9-11-12-13-14-15-17-19(20(23)24)21(25)26-22(7-3,8-4)18-16-10-6-2/h19H,5-18H2,1-4H3,(H,23,24). The number of aliphatic carboxylic acids is 1. The molecule has 0 bridgehead atoms. The van der Waals surface area contributed by atoms with Crippen molar-refractivity contribution < 1.29 is 19.4 Å². The third-order valence-corrected chi connectivity index (χ3v) is 5.52. The number of hydrogen-bond acceptors (Lipinski definition) is 3. The van der Waals surface area contributed by atoms with Gasteiger partial charge in [0.15, 0.2) is 5.92 Å². The molecule has 0 aromatic heterocycles. The highest BCUT2D eigenvalue weighted by atomic mass is 16.6. The number of carboxylic acid groups (broad SMARTS) is 1. The highest BCUT2D eigenvalue weighted by Crippen LogP contribution is 2.29. The molecule has 0 aliphatic carbocycles. The van der Waals surface area contributed by atoms with Crippen LogP contribution in [0.4, 0.5) is 0 Å². The van der Waals surface area contributed by atoms with Gasteiger partial charge < -0.3 is 9.84 Å². The SMILES string of the molecule is CCCCCCCCCC(C(=O)O)C(=O)OC(CC)(CC)CCCCC. The summed E-state index contributed by atoms with van der Waals surface area (Å²) in [5.74, 6) is -2.60. The van der Waals surface area contributed by atoms with Crippen molar-refractivity contribution in [1.82, 2.24) is 0 Å². The van der Waals surface area contributed by atoms with Crippen LogP contribution < -0.4 is 0 Å². The molecular formula is C22H42O4. The highest BCUT2D eigenvalue weighted by Gasteiger charge is 2.35. The second kappa shape index (κ2) is 15.0. The van der Waals surface area contributed by atoms with Gasteiger partial charge in [0.1, 0.15) is 5.60 Å². The lowest BCUT2D eigenvalue weighted by Crippen LogP contribution is -2.38. The lowest BCUT2D eigenvalue weighted by atomic mass is 9.90. The Morgan fingerprint density at radius 3 is 1.81 bits per heavy atom. The van der Waals surface area contributed by atoms with Crippen LogP contribution in [0.5, 0.6) is 0 Å². The maximum Gasteiger partial charge on any atom is 0.320 e. The molecule has 1 N–H and O–H groups in total. The lowest BCUT2D eigenvalue weighted by Gasteiger charge is -2.33. The Hall–Kier alpha value is -1.06. The Bertz CT molecular complexity index is 374. The first kappa shape index (κ1) is 24.9. The summed E-state index contributed by atoms with van der Waals surface area (Å²) in [4.78, 5) is 24.1. The number of esters is 1. The molecule has 0 heterocycles. The largest absolute Gasteiger partial charge is 0.481 e. The second-order valence-corrected chi connectivity index (χ2v) is 7.57. The van der Waals surface area contributed by atoms with Crippen LogP contribution in [-0.4, -0.2) is 22.6 Å². The molecule has 0 rings (SSSR count). The molecule has 4 nitrogen and oxygen atoms in total. The number of carbonyl (C=O) groups excluding carboxylic acids is 1. The third kappa shape index (κ3) is 10.2. The second-order valence-electron chi connectivity index (χ2n) is 7.57. The summed E-state index contributed by atoms with van der Waals surface area (Å²) in [7, 11) is 0. The fourth-order valence-electron chi connectivity index (χ4n) is 3.43. The summed E-state index contributed by atoms with van der Waals surface area (Å²) in [6, 6.07) is 0. The summed E-state index contributed by atoms with van der Waals surface area (Å²) in [6.45, 7) is 8.38. The summed E-state index contributed by atoms with van der Waals surface area (Å²) in [5, 5.41) is 9.47. The molecular weight excluding hydrogens is 328 g/mol. The molecule has 0 spiro atoms. The smallest absolute Gasteiger partial charge is 0.320 e. The van der Waals surface area contributed by atoms with Gasteiger partial charge in [-0.3, -0.25) is 9.59 Å². The zero-order valence-corrected chi connectivity index (χ0v) is 17.6. The van der Waals surface area contributed by atoms with Crippen molar-refractivity contribution in [2.45, 2.75) is 123 Å². The highest BCUT2D eigenvalue weighted by molar-refractivity contribution is 5.94. The van der Waals surface area contributed by atoms with Crippen molar-refractivity contribution >= 4 is 11.9 Å². The minimum atomic E-state index is -1.05. The van der Waals surface area contributed by atoms with Crippen molar-refractivity contribution in [1.29, 1.82) is 0 Å². The van der Waals surface area contributed by atoms with E-state index in [1.54, 1.807) is 0 Å². The number of hydrogen-bond donors (Lipinski definition) is 1. The van der Waals surface area contributed by atoms with Crippen LogP contribution in [0.25, 0.3) is 0 Å². The average Bonchev–Trinajstić information content (AvgIpc) is 2.62. The predicted molar refractivity (Wildman–Crippen MR) is 107 cm³/mol. The van der Waals surface area contributed by atoms with E-state index in [-0.39, 0.29) is 0 Å². The van der Waals surface area contributed by atoms with E-state index in [0.717, 1.165) is 57.8 Å². The van der Waals surface area contributed by atoms with Crippen molar-refractivity contribution in [3.05, 3.63) is 0 Å². The minimum Gasteiger partial charge on any atom is -0.481 e. The van der Waals surface area contributed by atoms with Crippen LogP contribution in [-0.2, 0) is 14.3 Å². The van der Waals surface area contributed by atoms with Crippen molar-refractivity contribution in [2.24, 2.45) is 5.92 Å². The van der Waals surface area contributed by atoms with Gasteiger partial charge in [-0.2, -0.15) is 0 Å². The monoisotopic (exact) mass is 370 g/mol. The molecule has 1 unspecified atom stereocenters. The van der Waals surface area contributed by atoms with Gasteiger partial charge in [-0.1, -0.05) is 85.5 Å². The molecule has 0 amide bonds. The number of rotatable bonds is 17. The molecule has 0 fully saturated rings. The molecule has 0 aromatic carbocycles. The summed E-state index contributed by atoms with van der Waals surface area (Å²) in [5.41, 5.74) is -0.500. The van der Waals surface area contributed by atoms with Gasteiger partial charge in [-0.05, 0) is 32.1 Å². The fraction of sp³-hybridized carbons (Fsp3) is 0.909. The van der Waals surface area contributed by atoms with Gasteiger partial charge >= 0.3 is 11.9 Å². The Labute approximate surface area is 161 Å². The Morgan fingerprint density at radius 2 is 1.31 bits per heavy atom. The fourth-order valence-corrected chi connectivity index (χ4v) is 3.43. The first-order valence-corrected chi connectivity index (χ1v) is 10.9. The number of carbonyl (C=O) groups is 2. The predicted octanol–water partition coefficient (Wildman–Crippen LogP) is 6.51. The maximum atomic E-state index is 12.6. The Kier molecular flexibility index (Phi) is 14.4. The first-order chi connectivity index (χ1) is 12.5. The molecule has 0 saturated heterocycles. The van der Waals surface area contributed by atoms with Gasteiger partial charge in [-0.25, -0.2) is 0 Å². The molecule has 0 aliphatic heterocycles. The topological polar surface area (TPSA) is 63.6 Å². The molecule has 0 aliphatic rings. The zero-order valence-electron chi connectivity index (χ0n) is 17.6. The van der Waals surface area contributed by atoms with E-state index in [1.807, 2.05) is 13.8 Å². The van der Waals surface area contributed by atoms with Crippen molar-refractivity contribution in [2.75, 3.05) is 0 Å².